The summed E-state index contributed by atoms with van der Waals surface area (Å²) in [6.45, 7) is 2.87. The maximum absolute atomic E-state index is 12.5. The first-order valence-corrected chi connectivity index (χ1v) is 8.69. The van der Waals surface area contributed by atoms with Crippen molar-refractivity contribution in [2.75, 3.05) is 50.1 Å². The molecule has 1 amide bonds. The molecule has 1 aromatic carbocycles. The lowest BCUT2D eigenvalue weighted by molar-refractivity contribution is -0.130. The number of piperazine rings is 1. The number of rotatable bonds is 4. The fourth-order valence-electron chi connectivity index (χ4n) is 2.83. The van der Waals surface area contributed by atoms with Crippen LogP contribution in [0.15, 0.2) is 36.4 Å². The quantitative estimate of drug-likeness (QED) is 0.836. The van der Waals surface area contributed by atoms with Gasteiger partial charge >= 0.3 is 0 Å². The molecule has 1 saturated heterocycles. The van der Waals surface area contributed by atoms with Gasteiger partial charge in [0.05, 0.1) is 6.42 Å². The Kier molecular flexibility index (Phi) is 5.38. The fraction of sp³-hybridized carbons (Fsp3) is 0.389. The van der Waals surface area contributed by atoms with Gasteiger partial charge < -0.3 is 14.7 Å². The Hall–Kier alpha value is -2.34. The van der Waals surface area contributed by atoms with Crippen LogP contribution in [0.5, 0.6) is 0 Å². The molecule has 0 saturated carbocycles. The van der Waals surface area contributed by atoms with Gasteiger partial charge in [0.15, 0.2) is 11.6 Å². The van der Waals surface area contributed by atoms with Gasteiger partial charge in [0.25, 0.3) is 0 Å². The SMILES string of the molecule is CN(C)c1ccc(N2CCN(C(=O)Cc3ccccc3Cl)CC2)nn1. The predicted octanol–water partition coefficient (Wildman–Crippen LogP) is 2.09. The van der Waals surface area contributed by atoms with E-state index in [2.05, 4.69) is 15.1 Å². The Labute approximate surface area is 153 Å². The second kappa shape index (κ2) is 7.70. The molecule has 0 atom stereocenters. The van der Waals surface area contributed by atoms with Crippen LogP contribution in [0, 0.1) is 0 Å². The number of anilines is 2. The molecule has 2 aromatic rings. The minimum absolute atomic E-state index is 0.113. The molecule has 1 aromatic heterocycles. The summed E-state index contributed by atoms with van der Waals surface area (Å²) < 4.78 is 0. The maximum Gasteiger partial charge on any atom is 0.227 e. The number of amides is 1. The minimum Gasteiger partial charge on any atom is -0.361 e. The van der Waals surface area contributed by atoms with Crippen molar-refractivity contribution in [3.8, 4) is 0 Å². The molecule has 0 unspecified atom stereocenters. The van der Waals surface area contributed by atoms with Gasteiger partial charge in [-0.2, -0.15) is 0 Å². The van der Waals surface area contributed by atoms with Crippen LogP contribution in [0.2, 0.25) is 5.02 Å². The Morgan fingerprint density at radius 3 is 2.40 bits per heavy atom. The second-order valence-electron chi connectivity index (χ2n) is 6.28. The average Bonchev–Trinajstić information content (AvgIpc) is 2.64. The largest absolute Gasteiger partial charge is 0.361 e. The zero-order valence-corrected chi connectivity index (χ0v) is 15.3. The summed E-state index contributed by atoms with van der Waals surface area (Å²) in [6.07, 6.45) is 0.344. The normalized spacial score (nSPS) is 14.5. The Bertz CT molecular complexity index is 727. The summed E-state index contributed by atoms with van der Waals surface area (Å²) in [4.78, 5) is 18.5. The Morgan fingerprint density at radius 2 is 1.80 bits per heavy atom. The maximum atomic E-state index is 12.5. The van der Waals surface area contributed by atoms with Crippen molar-refractivity contribution in [2.24, 2.45) is 0 Å². The van der Waals surface area contributed by atoms with Gasteiger partial charge in [0.1, 0.15) is 0 Å². The first-order valence-electron chi connectivity index (χ1n) is 8.32. The summed E-state index contributed by atoms with van der Waals surface area (Å²) in [5.41, 5.74) is 0.877. The summed E-state index contributed by atoms with van der Waals surface area (Å²) in [6, 6.07) is 11.4. The Balaban J connectivity index is 1.56. The number of hydrogen-bond donors (Lipinski definition) is 0. The van der Waals surface area contributed by atoms with E-state index in [0.717, 1.165) is 30.3 Å². The average molecular weight is 360 g/mol. The summed E-state index contributed by atoms with van der Waals surface area (Å²) in [7, 11) is 3.88. The first kappa shape index (κ1) is 17.5. The predicted molar refractivity (Wildman–Crippen MR) is 100 cm³/mol. The molecule has 2 heterocycles. The zero-order chi connectivity index (χ0) is 17.8. The molecule has 0 N–H and O–H groups in total. The van der Waals surface area contributed by atoms with E-state index < -0.39 is 0 Å². The highest BCUT2D eigenvalue weighted by Crippen LogP contribution is 2.18. The van der Waals surface area contributed by atoms with Crippen LogP contribution < -0.4 is 9.80 Å². The molecule has 1 aliphatic rings. The van der Waals surface area contributed by atoms with Crippen LogP contribution in [0.1, 0.15) is 5.56 Å². The molecule has 132 valence electrons. The molecule has 0 bridgehead atoms. The molecule has 7 heteroatoms. The van der Waals surface area contributed by atoms with Crippen molar-refractivity contribution >= 4 is 29.1 Å². The lowest BCUT2D eigenvalue weighted by Crippen LogP contribution is -2.49. The van der Waals surface area contributed by atoms with E-state index in [1.165, 1.54) is 0 Å². The van der Waals surface area contributed by atoms with Crippen molar-refractivity contribution in [3.05, 3.63) is 47.0 Å². The minimum atomic E-state index is 0.113. The van der Waals surface area contributed by atoms with Gasteiger partial charge in [-0.25, -0.2) is 0 Å². The van der Waals surface area contributed by atoms with E-state index in [1.807, 2.05) is 60.3 Å². The van der Waals surface area contributed by atoms with E-state index in [4.69, 9.17) is 11.6 Å². The summed E-state index contributed by atoms with van der Waals surface area (Å²) >= 11 is 6.15. The number of nitrogens with zero attached hydrogens (tertiary/aromatic N) is 5. The van der Waals surface area contributed by atoms with Crippen LogP contribution in [0.3, 0.4) is 0 Å². The molecule has 25 heavy (non-hydrogen) atoms. The molecule has 0 aliphatic carbocycles. The highest BCUT2D eigenvalue weighted by molar-refractivity contribution is 6.31. The molecular weight excluding hydrogens is 338 g/mol. The van der Waals surface area contributed by atoms with Crippen molar-refractivity contribution in [2.45, 2.75) is 6.42 Å². The van der Waals surface area contributed by atoms with Crippen molar-refractivity contribution in [1.82, 2.24) is 15.1 Å². The first-order chi connectivity index (χ1) is 12.0. The topological polar surface area (TPSA) is 52.6 Å². The number of halogens is 1. The highest BCUT2D eigenvalue weighted by Gasteiger charge is 2.22. The van der Waals surface area contributed by atoms with Gasteiger partial charge in [-0.15, -0.1) is 10.2 Å². The van der Waals surface area contributed by atoms with Crippen molar-refractivity contribution in [3.63, 3.8) is 0 Å². The van der Waals surface area contributed by atoms with E-state index in [-0.39, 0.29) is 5.91 Å². The van der Waals surface area contributed by atoms with Crippen molar-refractivity contribution in [1.29, 1.82) is 0 Å². The third-order valence-corrected chi connectivity index (χ3v) is 4.72. The standard InChI is InChI=1S/C18H22ClN5O/c1-22(2)16-7-8-17(21-20-16)23-9-11-24(12-10-23)18(25)13-14-5-3-4-6-15(14)19/h3-8H,9-13H2,1-2H3. The van der Waals surface area contributed by atoms with Crippen LogP contribution >= 0.6 is 11.6 Å². The van der Waals surface area contributed by atoms with Gasteiger partial charge in [-0.1, -0.05) is 29.8 Å². The smallest absolute Gasteiger partial charge is 0.227 e. The fourth-order valence-corrected chi connectivity index (χ4v) is 3.03. The molecule has 1 fully saturated rings. The number of benzene rings is 1. The summed E-state index contributed by atoms with van der Waals surface area (Å²) in [5.74, 6) is 1.79. The monoisotopic (exact) mass is 359 g/mol. The van der Waals surface area contributed by atoms with Gasteiger partial charge in [-0.05, 0) is 23.8 Å². The second-order valence-corrected chi connectivity index (χ2v) is 6.69. The number of hydrogen-bond acceptors (Lipinski definition) is 5. The lowest BCUT2D eigenvalue weighted by Gasteiger charge is -2.35. The van der Waals surface area contributed by atoms with Gasteiger partial charge in [0, 0.05) is 45.3 Å². The molecule has 6 nitrogen and oxygen atoms in total. The third-order valence-electron chi connectivity index (χ3n) is 4.35. The lowest BCUT2D eigenvalue weighted by atomic mass is 10.1. The number of carbonyl (C=O) groups is 1. The molecule has 1 aliphatic heterocycles. The zero-order valence-electron chi connectivity index (χ0n) is 14.5. The molecule has 0 spiro atoms. The van der Waals surface area contributed by atoms with Crippen LogP contribution in [0.4, 0.5) is 11.6 Å². The highest BCUT2D eigenvalue weighted by atomic mass is 35.5. The molecule has 3 rings (SSSR count). The van der Waals surface area contributed by atoms with Crippen LogP contribution in [-0.4, -0.2) is 61.3 Å². The summed E-state index contributed by atoms with van der Waals surface area (Å²) in [5, 5.41) is 9.14. The van der Waals surface area contributed by atoms with Gasteiger partial charge in [-0.3, -0.25) is 4.79 Å². The molecular formula is C18H22ClN5O. The van der Waals surface area contributed by atoms with Crippen LogP contribution in [0.25, 0.3) is 0 Å². The number of carbonyl (C=O) groups excluding carboxylic acids is 1. The third kappa shape index (κ3) is 4.20. The van der Waals surface area contributed by atoms with Crippen molar-refractivity contribution < 1.29 is 4.79 Å². The van der Waals surface area contributed by atoms with E-state index >= 15 is 0 Å². The van der Waals surface area contributed by atoms with E-state index in [1.54, 1.807) is 0 Å². The van der Waals surface area contributed by atoms with E-state index in [9.17, 15) is 4.79 Å². The number of aromatic nitrogens is 2. The van der Waals surface area contributed by atoms with E-state index in [0.29, 0.717) is 24.5 Å². The Morgan fingerprint density at radius 1 is 1.08 bits per heavy atom. The van der Waals surface area contributed by atoms with Gasteiger partial charge in [0.2, 0.25) is 5.91 Å². The molecule has 0 radical (unpaired) electrons. The van der Waals surface area contributed by atoms with Crippen LogP contribution in [-0.2, 0) is 11.2 Å².